The Bertz CT molecular complexity index is 1560. The van der Waals surface area contributed by atoms with Crippen molar-refractivity contribution < 1.29 is 33.7 Å². The molecule has 0 unspecified atom stereocenters. The second kappa shape index (κ2) is 11.9. The molecule has 2 aromatic heterocycles. The molecule has 0 amide bonds. The maximum Gasteiger partial charge on any atom is 0.493 e. The van der Waals surface area contributed by atoms with Crippen LogP contribution in [0.4, 0.5) is 5.69 Å². The van der Waals surface area contributed by atoms with Gasteiger partial charge >= 0.3 is 6.01 Å². The molecule has 0 fully saturated rings. The molecule has 3 aromatic carbocycles. The number of hydrogen-bond donors (Lipinski definition) is 0. The first-order chi connectivity index (χ1) is 17.2. The van der Waals surface area contributed by atoms with E-state index in [1.165, 1.54) is 12.0 Å². The van der Waals surface area contributed by atoms with Gasteiger partial charge in [-0.15, -0.1) is 42.0 Å². The van der Waals surface area contributed by atoms with E-state index >= 15 is 0 Å². The second-order valence-electron chi connectivity index (χ2n) is 8.51. The number of nitrogens with zero attached hydrogens (tertiary/aromatic N) is 3. The third-order valence-electron chi connectivity index (χ3n) is 5.84. The molecule has 0 saturated carbocycles. The zero-order valence-corrected chi connectivity index (χ0v) is 22.8. The molecule has 0 N–H and O–H groups in total. The van der Waals surface area contributed by atoms with E-state index in [1.54, 1.807) is 0 Å². The number of hydrogen-bond acceptors (Lipinski definition) is 2. The second-order valence-corrected chi connectivity index (χ2v) is 8.51. The van der Waals surface area contributed by atoms with E-state index in [0.717, 1.165) is 51.8 Å². The van der Waals surface area contributed by atoms with Gasteiger partial charge in [0.1, 0.15) is 11.3 Å². The van der Waals surface area contributed by atoms with Gasteiger partial charge in [-0.05, 0) is 29.6 Å². The molecule has 36 heavy (non-hydrogen) atoms. The Morgan fingerprint density at radius 1 is 0.944 bits per heavy atom. The van der Waals surface area contributed by atoms with Gasteiger partial charge in [0, 0.05) is 38.3 Å². The van der Waals surface area contributed by atoms with Gasteiger partial charge in [0.25, 0.3) is 6.20 Å². The monoisotopic (exact) mass is 650 g/mol. The summed E-state index contributed by atoms with van der Waals surface area (Å²) in [6, 6.07) is 33.9. The molecule has 0 aliphatic carbocycles. The fourth-order valence-electron chi connectivity index (χ4n) is 3.91. The Morgan fingerprint density at radius 2 is 1.81 bits per heavy atom. The van der Waals surface area contributed by atoms with Crippen molar-refractivity contribution in [2.24, 2.45) is 0 Å². The molecule has 0 atom stereocenters. The van der Waals surface area contributed by atoms with Crippen molar-refractivity contribution in [1.29, 1.82) is 0 Å². The summed E-state index contributed by atoms with van der Waals surface area (Å²) in [5.41, 5.74) is 5.95. The van der Waals surface area contributed by atoms with Gasteiger partial charge in [0.15, 0.2) is 6.54 Å². The van der Waals surface area contributed by atoms with Crippen LogP contribution in [0.25, 0.3) is 33.2 Å². The summed E-state index contributed by atoms with van der Waals surface area (Å²) < 4.78 is 9.98. The number of benzene rings is 3. The maximum absolute atomic E-state index is 5.93. The predicted molar refractivity (Wildman–Crippen MR) is 140 cm³/mol. The third-order valence-corrected chi connectivity index (χ3v) is 5.84. The number of fused-ring (bicyclic) bond motifs is 3. The van der Waals surface area contributed by atoms with E-state index in [-0.39, 0.29) is 20.1 Å². The molecule has 1 radical (unpaired) electrons. The third kappa shape index (κ3) is 5.78. The summed E-state index contributed by atoms with van der Waals surface area (Å²) in [6.45, 7) is 5.22. The summed E-state index contributed by atoms with van der Waals surface area (Å²) in [7, 11) is 0. The minimum Gasteiger partial charge on any atom is -0.483 e. The fraction of sp³-hybridized carbons (Fsp3) is 0.161. The van der Waals surface area contributed by atoms with Crippen LogP contribution in [-0.4, -0.2) is 26.7 Å². The van der Waals surface area contributed by atoms with Crippen LogP contribution < -0.4 is 0 Å². The summed E-state index contributed by atoms with van der Waals surface area (Å²) in [4.78, 5) is 4.32. The van der Waals surface area contributed by atoms with E-state index in [1.807, 2.05) is 90.8 Å². The van der Waals surface area contributed by atoms with Gasteiger partial charge in [-0.2, -0.15) is 6.07 Å². The number of aromatic nitrogens is 1. The molecular formula is C31H27IrN3O. The van der Waals surface area contributed by atoms with E-state index in [0.29, 0.717) is 0 Å². The van der Waals surface area contributed by atoms with Crippen molar-refractivity contribution in [1.82, 2.24) is 4.98 Å². The van der Waals surface area contributed by atoms with Gasteiger partial charge in [-0.1, -0.05) is 64.3 Å². The standard InChI is InChI=1S/C19H17N2O.C12H10N.Ir/c1-2-3-10-20-11-12-21(14-20)15-8-9-17-16-6-4-5-7-18(16)22-19(17)13-15;1-10-7-8-12(13-9-10)11-5-3-2-4-6-11;/h4-7,9,11-13H,2-3,10H2,1H3;2-5,7-9H,1H3;/q+1;-1;. The quantitative estimate of drug-likeness (QED) is 0.147. The van der Waals surface area contributed by atoms with Crippen molar-refractivity contribution in [3.8, 4) is 11.3 Å². The number of rotatable bonds is 5. The SMILES string of the molecule is CCCC[N+]1=C=[N+](c2[c-]cc3c(c2)oc2ccccc23)C=C1.Cc1ccc(-c2[c-]cccc2)nc1.[Ir]. The number of para-hydroxylation sites is 1. The Balaban J connectivity index is 0.000000187. The van der Waals surface area contributed by atoms with Crippen LogP contribution in [0.15, 0.2) is 95.8 Å². The zero-order chi connectivity index (χ0) is 24.0. The van der Waals surface area contributed by atoms with Crippen LogP contribution >= 0.6 is 0 Å². The maximum atomic E-state index is 5.93. The molecule has 5 aromatic rings. The van der Waals surface area contributed by atoms with Crippen LogP contribution in [0.3, 0.4) is 0 Å². The Labute approximate surface area is 225 Å². The largest absolute Gasteiger partial charge is 0.493 e. The molecule has 4 nitrogen and oxygen atoms in total. The molecule has 1 aliphatic heterocycles. The van der Waals surface area contributed by atoms with Gasteiger partial charge in [0.2, 0.25) is 6.20 Å². The first-order valence-electron chi connectivity index (χ1n) is 11.9. The molecule has 0 bridgehead atoms. The van der Waals surface area contributed by atoms with Crippen LogP contribution in [0.2, 0.25) is 0 Å². The van der Waals surface area contributed by atoms with Gasteiger partial charge in [0.05, 0.1) is 0 Å². The molecule has 0 saturated heterocycles. The van der Waals surface area contributed by atoms with Crippen LogP contribution in [0.1, 0.15) is 25.3 Å². The Kier molecular flexibility index (Phi) is 8.40. The number of pyridine rings is 1. The van der Waals surface area contributed by atoms with E-state index in [9.17, 15) is 0 Å². The van der Waals surface area contributed by atoms with E-state index in [4.69, 9.17) is 4.42 Å². The zero-order valence-electron chi connectivity index (χ0n) is 20.4. The minimum atomic E-state index is 0. The van der Waals surface area contributed by atoms with Crippen LogP contribution in [0.5, 0.6) is 0 Å². The molecule has 1 aliphatic rings. The molecule has 3 heterocycles. The number of aryl methyl sites for hydroxylation is 1. The molecular weight excluding hydrogens is 623 g/mol. The Morgan fingerprint density at radius 3 is 2.58 bits per heavy atom. The minimum absolute atomic E-state index is 0. The summed E-state index contributed by atoms with van der Waals surface area (Å²) >= 11 is 0. The van der Waals surface area contributed by atoms with Crippen LogP contribution in [-0.2, 0) is 20.1 Å². The van der Waals surface area contributed by atoms with E-state index in [2.05, 4.69) is 46.8 Å². The van der Waals surface area contributed by atoms with Crippen LogP contribution in [0, 0.1) is 19.1 Å². The van der Waals surface area contributed by atoms with Crippen molar-refractivity contribution in [2.75, 3.05) is 6.54 Å². The van der Waals surface area contributed by atoms with Crippen molar-refractivity contribution in [3.63, 3.8) is 0 Å². The average Bonchev–Trinajstić information content (AvgIpc) is 3.53. The predicted octanol–water partition coefficient (Wildman–Crippen LogP) is 7.36. The normalized spacial score (nSPS) is 12.1. The smallest absolute Gasteiger partial charge is 0.483 e. The molecule has 181 valence electrons. The summed E-state index contributed by atoms with van der Waals surface area (Å²) in [5, 5.41) is 2.24. The van der Waals surface area contributed by atoms with Crippen molar-refractivity contribution in [2.45, 2.75) is 26.7 Å². The van der Waals surface area contributed by atoms with Gasteiger partial charge in [-0.25, -0.2) is 0 Å². The number of unbranched alkanes of at least 4 members (excludes halogenated alkanes) is 1. The topological polar surface area (TPSA) is 32.0 Å². The first-order valence-corrected chi connectivity index (χ1v) is 11.9. The van der Waals surface area contributed by atoms with E-state index < -0.39 is 0 Å². The molecule has 6 rings (SSSR count). The Hall–Kier alpha value is -3.62. The molecule has 0 spiro atoms. The average molecular weight is 650 g/mol. The summed E-state index contributed by atoms with van der Waals surface area (Å²) in [5.74, 6) is 0. The molecule has 5 heteroatoms. The van der Waals surface area contributed by atoms with Crippen molar-refractivity contribution >= 4 is 33.6 Å². The number of furan rings is 1. The van der Waals surface area contributed by atoms with Crippen molar-refractivity contribution in [3.05, 3.63) is 109 Å². The van der Waals surface area contributed by atoms with Gasteiger partial charge < -0.3 is 9.40 Å². The summed E-state index contributed by atoms with van der Waals surface area (Å²) in [6.07, 6.45) is 8.28. The van der Waals surface area contributed by atoms with Gasteiger partial charge in [-0.3, -0.25) is 0 Å². The first kappa shape index (κ1) is 25.5. The fourth-order valence-corrected chi connectivity index (χ4v) is 3.91.